The van der Waals surface area contributed by atoms with Gasteiger partial charge in [0, 0.05) is 11.3 Å². The van der Waals surface area contributed by atoms with Crippen molar-refractivity contribution < 1.29 is 22.8 Å². The second-order valence-electron chi connectivity index (χ2n) is 7.38. The van der Waals surface area contributed by atoms with Crippen LogP contribution in [0, 0.1) is 6.92 Å². The zero-order valence-electron chi connectivity index (χ0n) is 17.4. The molecule has 0 radical (unpaired) electrons. The number of halogens is 3. The van der Waals surface area contributed by atoms with Crippen LogP contribution in [0.1, 0.15) is 33.5 Å². The van der Waals surface area contributed by atoms with E-state index in [-0.39, 0.29) is 17.7 Å². The Morgan fingerprint density at radius 1 is 0.875 bits per heavy atom. The maximum Gasteiger partial charge on any atom is 0.416 e. The zero-order valence-corrected chi connectivity index (χ0v) is 17.4. The van der Waals surface area contributed by atoms with Gasteiger partial charge in [-0.1, -0.05) is 54.6 Å². The molecule has 0 saturated heterocycles. The van der Waals surface area contributed by atoms with E-state index in [4.69, 9.17) is 0 Å². The van der Waals surface area contributed by atoms with Crippen LogP contribution in [-0.2, 0) is 17.4 Å². The normalized spacial score (nSPS) is 12.1. The topological polar surface area (TPSA) is 58.2 Å². The smallest absolute Gasteiger partial charge is 0.340 e. The molecule has 4 nitrogen and oxygen atoms in total. The quantitative estimate of drug-likeness (QED) is 0.518. The molecule has 0 aliphatic heterocycles. The maximum absolute atomic E-state index is 13.2. The van der Waals surface area contributed by atoms with Crippen LogP contribution in [-0.4, -0.2) is 17.9 Å². The summed E-state index contributed by atoms with van der Waals surface area (Å²) in [5.41, 5.74) is 0.535. The van der Waals surface area contributed by atoms with Crippen LogP contribution in [0.5, 0.6) is 0 Å². The summed E-state index contributed by atoms with van der Waals surface area (Å²) in [6.45, 7) is 1.31. The molecule has 0 heterocycles. The fourth-order valence-electron chi connectivity index (χ4n) is 3.35. The molecule has 32 heavy (non-hydrogen) atoms. The van der Waals surface area contributed by atoms with E-state index in [1.165, 1.54) is 19.1 Å². The Kier molecular flexibility index (Phi) is 7.30. The largest absolute Gasteiger partial charge is 0.416 e. The van der Waals surface area contributed by atoms with Crippen molar-refractivity contribution in [3.05, 3.63) is 101 Å². The van der Waals surface area contributed by atoms with E-state index in [1.807, 2.05) is 30.3 Å². The highest BCUT2D eigenvalue weighted by molar-refractivity contribution is 6.01. The molecule has 2 N–H and O–H groups in total. The number of hydrogen-bond donors (Lipinski definition) is 2. The van der Waals surface area contributed by atoms with Gasteiger partial charge in [0.25, 0.3) is 5.91 Å². The summed E-state index contributed by atoms with van der Waals surface area (Å²) in [6.07, 6.45) is -3.74. The molecule has 166 valence electrons. The number of nitrogens with one attached hydrogen (secondary N) is 2. The van der Waals surface area contributed by atoms with E-state index in [1.54, 1.807) is 30.3 Å². The molecule has 0 aliphatic rings. The maximum atomic E-state index is 13.2. The summed E-state index contributed by atoms with van der Waals surface area (Å²) >= 11 is 0. The predicted octanol–water partition coefficient (Wildman–Crippen LogP) is 5.38. The van der Waals surface area contributed by atoms with Gasteiger partial charge >= 0.3 is 6.18 Å². The molecule has 1 atom stereocenters. The molecule has 0 aliphatic carbocycles. The van der Waals surface area contributed by atoms with Gasteiger partial charge in [0.15, 0.2) is 0 Å². The summed E-state index contributed by atoms with van der Waals surface area (Å²) in [5, 5.41) is 5.28. The number of amides is 2. The van der Waals surface area contributed by atoms with Crippen LogP contribution >= 0.6 is 0 Å². The van der Waals surface area contributed by atoms with Gasteiger partial charge < -0.3 is 10.6 Å². The number of carbonyl (C=O) groups is 2. The second-order valence-corrected chi connectivity index (χ2v) is 7.38. The number of rotatable bonds is 7. The molecule has 0 spiro atoms. The van der Waals surface area contributed by atoms with Crippen molar-refractivity contribution in [3.8, 4) is 0 Å². The van der Waals surface area contributed by atoms with Crippen molar-refractivity contribution in [2.45, 2.75) is 32.0 Å². The average Bonchev–Trinajstić information content (AvgIpc) is 2.78. The molecule has 7 heteroatoms. The van der Waals surface area contributed by atoms with Crippen LogP contribution in [0.25, 0.3) is 0 Å². The molecule has 3 rings (SSSR count). The number of alkyl halides is 3. The first kappa shape index (κ1) is 23.1. The lowest BCUT2D eigenvalue weighted by atomic mass is 10.0. The Labute approximate surface area is 184 Å². The minimum atomic E-state index is -4.53. The number of carbonyl (C=O) groups excluding carboxylic acids is 2. The van der Waals surface area contributed by atoms with Crippen molar-refractivity contribution in [2.24, 2.45) is 0 Å². The number of hydrogen-bond acceptors (Lipinski definition) is 2. The Hall–Kier alpha value is -3.61. The van der Waals surface area contributed by atoms with Gasteiger partial charge in [-0.25, -0.2) is 0 Å². The molecule has 0 saturated carbocycles. The van der Waals surface area contributed by atoms with Crippen molar-refractivity contribution >= 4 is 17.5 Å². The standard InChI is InChI=1S/C25H23F3N2O2/c1-17-20(25(26,27)28)13-8-14-21(17)29-24(32)22(16-15-18-9-4-2-5-10-18)30-23(31)19-11-6-3-7-12-19/h2-14,22H,15-16H2,1H3,(H,29,32)(H,30,31). The molecule has 0 bridgehead atoms. The van der Waals surface area contributed by atoms with Gasteiger partial charge in [-0.3, -0.25) is 9.59 Å². The highest BCUT2D eigenvalue weighted by Crippen LogP contribution is 2.34. The third kappa shape index (κ3) is 5.97. The summed E-state index contributed by atoms with van der Waals surface area (Å²) in [5.74, 6) is -1.01. The zero-order chi connectivity index (χ0) is 23.1. The molecule has 0 aromatic heterocycles. The first-order valence-corrected chi connectivity index (χ1v) is 10.1. The number of aryl methyl sites for hydroxylation is 1. The van der Waals surface area contributed by atoms with E-state index in [9.17, 15) is 22.8 Å². The van der Waals surface area contributed by atoms with Gasteiger partial charge in [0.05, 0.1) is 5.56 Å². The molecular formula is C25H23F3N2O2. The minimum absolute atomic E-state index is 0.0588. The van der Waals surface area contributed by atoms with E-state index in [0.29, 0.717) is 12.0 Å². The highest BCUT2D eigenvalue weighted by atomic mass is 19.4. The Morgan fingerprint density at radius 2 is 1.50 bits per heavy atom. The third-order valence-electron chi connectivity index (χ3n) is 5.12. The summed E-state index contributed by atoms with van der Waals surface area (Å²) in [7, 11) is 0. The minimum Gasteiger partial charge on any atom is -0.340 e. The molecule has 3 aromatic rings. The van der Waals surface area contributed by atoms with Crippen LogP contribution < -0.4 is 10.6 Å². The van der Waals surface area contributed by atoms with Gasteiger partial charge in [0.2, 0.25) is 5.91 Å². The van der Waals surface area contributed by atoms with Crippen LogP contribution in [0.4, 0.5) is 18.9 Å². The summed E-state index contributed by atoms with van der Waals surface area (Å²) in [4.78, 5) is 25.6. The SMILES string of the molecule is Cc1c(NC(=O)C(CCc2ccccc2)NC(=O)c2ccccc2)cccc1C(F)(F)F. The van der Waals surface area contributed by atoms with Gasteiger partial charge in [-0.15, -0.1) is 0 Å². The fourth-order valence-corrected chi connectivity index (χ4v) is 3.35. The van der Waals surface area contributed by atoms with Crippen LogP contribution in [0.3, 0.4) is 0 Å². The first-order valence-electron chi connectivity index (χ1n) is 10.1. The fraction of sp³-hybridized carbons (Fsp3) is 0.200. The lowest BCUT2D eigenvalue weighted by Gasteiger charge is -2.20. The van der Waals surface area contributed by atoms with E-state index in [2.05, 4.69) is 10.6 Å². The van der Waals surface area contributed by atoms with Crippen LogP contribution in [0.15, 0.2) is 78.9 Å². The van der Waals surface area contributed by atoms with E-state index >= 15 is 0 Å². The number of anilines is 1. The highest BCUT2D eigenvalue weighted by Gasteiger charge is 2.33. The Balaban J connectivity index is 1.80. The van der Waals surface area contributed by atoms with Crippen LogP contribution in [0.2, 0.25) is 0 Å². The molecule has 2 amide bonds. The predicted molar refractivity (Wildman–Crippen MR) is 117 cm³/mol. The molecular weight excluding hydrogens is 417 g/mol. The lowest BCUT2D eigenvalue weighted by molar-refractivity contribution is -0.138. The molecule has 0 fully saturated rings. The molecule has 1 unspecified atom stereocenters. The summed E-state index contributed by atoms with van der Waals surface area (Å²) < 4.78 is 39.7. The van der Waals surface area contributed by atoms with Crippen molar-refractivity contribution in [2.75, 3.05) is 5.32 Å². The lowest BCUT2D eigenvalue weighted by Crippen LogP contribution is -2.44. The van der Waals surface area contributed by atoms with E-state index < -0.39 is 29.6 Å². The van der Waals surface area contributed by atoms with Gasteiger partial charge in [-0.2, -0.15) is 13.2 Å². The van der Waals surface area contributed by atoms with Gasteiger partial charge in [0.1, 0.15) is 6.04 Å². The third-order valence-corrected chi connectivity index (χ3v) is 5.12. The van der Waals surface area contributed by atoms with E-state index in [0.717, 1.165) is 11.6 Å². The second kappa shape index (κ2) is 10.1. The van der Waals surface area contributed by atoms with Crippen molar-refractivity contribution in [1.82, 2.24) is 5.32 Å². The summed E-state index contributed by atoms with van der Waals surface area (Å²) in [6, 6.07) is 20.6. The van der Waals surface area contributed by atoms with Crippen molar-refractivity contribution in [1.29, 1.82) is 0 Å². The Bertz CT molecular complexity index is 1070. The Morgan fingerprint density at radius 3 is 2.12 bits per heavy atom. The molecule has 3 aromatic carbocycles. The average molecular weight is 440 g/mol. The monoisotopic (exact) mass is 440 g/mol. The first-order chi connectivity index (χ1) is 15.3. The van der Waals surface area contributed by atoms with Crippen molar-refractivity contribution in [3.63, 3.8) is 0 Å². The number of benzene rings is 3. The van der Waals surface area contributed by atoms with Gasteiger partial charge in [-0.05, 0) is 55.2 Å².